The summed E-state index contributed by atoms with van der Waals surface area (Å²) in [4.78, 5) is 8.64. The van der Waals surface area contributed by atoms with Gasteiger partial charge in [0.1, 0.15) is 0 Å². The summed E-state index contributed by atoms with van der Waals surface area (Å²) in [5.41, 5.74) is 0.830. The van der Waals surface area contributed by atoms with E-state index in [4.69, 9.17) is 16.1 Å². The van der Waals surface area contributed by atoms with Crippen molar-refractivity contribution in [2.24, 2.45) is 4.99 Å². The molecule has 1 aromatic heterocycles. The smallest absolute Gasteiger partial charge is 0.246 e. The average molecular weight is 508 g/mol. The zero-order valence-corrected chi connectivity index (χ0v) is 18.7. The van der Waals surface area contributed by atoms with E-state index in [0.717, 1.165) is 18.1 Å². The van der Waals surface area contributed by atoms with Crippen LogP contribution in [0.4, 0.5) is 0 Å². The fourth-order valence-electron chi connectivity index (χ4n) is 2.70. The van der Waals surface area contributed by atoms with Crippen molar-refractivity contribution < 1.29 is 4.52 Å². The fraction of sp³-hybridized carbons (Fsp3) is 0.471. The van der Waals surface area contributed by atoms with Crippen molar-refractivity contribution in [1.29, 1.82) is 0 Å². The highest BCUT2D eigenvalue weighted by atomic mass is 127. The molecule has 142 valence electrons. The molecule has 6 nitrogen and oxygen atoms in total. The SMILES string of the molecule is CN=C(NCc1nc(-c2cccc(Cl)c2)no1)NCC1(C)CCCS1.I. The Bertz CT molecular complexity index is 748. The molecule has 1 unspecified atom stereocenters. The van der Waals surface area contributed by atoms with E-state index in [1.807, 2.05) is 36.0 Å². The van der Waals surface area contributed by atoms with Crippen molar-refractivity contribution in [2.75, 3.05) is 19.3 Å². The van der Waals surface area contributed by atoms with Gasteiger partial charge in [-0.1, -0.05) is 28.9 Å². The molecule has 0 radical (unpaired) electrons. The number of halogens is 2. The van der Waals surface area contributed by atoms with Crippen molar-refractivity contribution in [2.45, 2.75) is 31.1 Å². The molecule has 0 amide bonds. The summed E-state index contributed by atoms with van der Waals surface area (Å²) in [6.45, 7) is 3.59. The topological polar surface area (TPSA) is 75.3 Å². The van der Waals surface area contributed by atoms with Gasteiger partial charge < -0.3 is 15.2 Å². The van der Waals surface area contributed by atoms with Crippen LogP contribution in [0.15, 0.2) is 33.8 Å². The summed E-state index contributed by atoms with van der Waals surface area (Å²) in [6, 6.07) is 7.38. The molecule has 0 aliphatic carbocycles. The molecule has 0 spiro atoms. The van der Waals surface area contributed by atoms with Crippen LogP contribution in [0.25, 0.3) is 11.4 Å². The van der Waals surface area contributed by atoms with E-state index in [-0.39, 0.29) is 28.7 Å². The van der Waals surface area contributed by atoms with Crippen molar-refractivity contribution in [3.63, 3.8) is 0 Å². The van der Waals surface area contributed by atoms with E-state index in [0.29, 0.717) is 23.3 Å². The summed E-state index contributed by atoms with van der Waals surface area (Å²) >= 11 is 8.02. The first-order valence-electron chi connectivity index (χ1n) is 8.25. The summed E-state index contributed by atoms with van der Waals surface area (Å²) in [6.07, 6.45) is 2.51. The van der Waals surface area contributed by atoms with Crippen molar-refractivity contribution >= 4 is 53.3 Å². The van der Waals surface area contributed by atoms with E-state index < -0.39 is 0 Å². The molecule has 0 bridgehead atoms. The number of nitrogens with one attached hydrogen (secondary N) is 2. The number of aromatic nitrogens is 2. The molecular weight excluding hydrogens is 485 g/mol. The van der Waals surface area contributed by atoms with Crippen LogP contribution in [-0.4, -0.2) is 40.2 Å². The van der Waals surface area contributed by atoms with Crippen LogP contribution >= 0.6 is 47.3 Å². The first kappa shape index (κ1) is 21.3. The normalized spacial score (nSPS) is 19.9. The summed E-state index contributed by atoms with van der Waals surface area (Å²) in [5.74, 6) is 2.99. The molecule has 9 heteroatoms. The summed E-state index contributed by atoms with van der Waals surface area (Å²) in [5, 5.41) is 11.2. The minimum Gasteiger partial charge on any atom is -0.355 e. The lowest BCUT2D eigenvalue weighted by Crippen LogP contribution is -2.43. The third-order valence-electron chi connectivity index (χ3n) is 4.11. The molecule has 3 rings (SSSR count). The third-order valence-corrected chi connectivity index (χ3v) is 5.89. The second-order valence-electron chi connectivity index (χ2n) is 6.20. The van der Waals surface area contributed by atoms with Gasteiger partial charge in [-0.25, -0.2) is 0 Å². The minimum atomic E-state index is 0. The number of benzene rings is 1. The maximum absolute atomic E-state index is 6.00. The molecular formula is C17H23ClIN5OS. The van der Waals surface area contributed by atoms with Gasteiger partial charge >= 0.3 is 0 Å². The van der Waals surface area contributed by atoms with Gasteiger partial charge in [-0.2, -0.15) is 16.7 Å². The maximum atomic E-state index is 6.00. The highest BCUT2D eigenvalue weighted by Crippen LogP contribution is 2.36. The molecule has 1 aliphatic heterocycles. The Hall–Kier alpha value is -1.000. The number of hydrogen-bond donors (Lipinski definition) is 2. The first-order valence-corrected chi connectivity index (χ1v) is 9.61. The third kappa shape index (κ3) is 5.75. The van der Waals surface area contributed by atoms with Gasteiger partial charge in [0.15, 0.2) is 5.96 Å². The number of thioether (sulfide) groups is 1. The van der Waals surface area contributed by atoms with E-state index in [9.17, 15) is 0 Å². The number of nitrogens with zero attached hydrogens (tertiary/aromatic N) is 3. The molecule has 2 heterocycles. The number of aliphatic imine (C=N–C) groups is 1. The van der Waals surface area contributed by atoms with Crippen molar-refractivity contribution in [1.82, 2.24) is 20.8 Å². The van der Waals surface area contributed by atoms with E-state index in [2.05, 4.69) is 32.7 Å². The Kier molecular flexibility index (Phi) is 8.03. The van der Waals surface area contributed by atoms with Gasteiger partial charge in [-0.3, -0.25) is 4.99 Å². The zero-order chi connectivity index (χ0) is 17.7. The highest BCUT2D eigenvalue weighted by Gasteiger charge is 2.29. The molecule has 1 saturated heterocycles. The lowest BCUT2D eigenvalue weighted by Gasteiger charge is -2.24. The Morgan fingerprint density at radius 3 is 2.96 bits per heavy atom. The van der Waals surface area contributed by atoms with E-state index >= 15 is 0 Å². The Morgan fingerprint density at radius 2 is 2.27 bits per heavy atom. The predicted octanol–water partition coefficient (Wildman–Crippen LogP) is 3.96. The number of rotatable bonds is 5. The quantitative estimate of drug-likeness (QED) is 0.363. The van der Waals surface area contributed by atoms with Crippen LogP contribution < -0.4 is 10.6 Å². The van der Waals surface area contributed by atoms with Gasteiger partial charge in [-0.05, 0) is 37.7 Å². The van der Waals surface area contributed by atoms with Crippen molar-refractivity contribution in [3.8, 4) is 11.4 Å². The summed E-state index contributed by atoms with van der Waals surface area (Å²) < 4.78 is 5.58. The molecule has 1 fully saturated rings. The second-order valence-corrected chi connectivity index (χ2v) is 8.32. The van der Waals surface area contributed by atoms with Crippen LogP contribution in [0.1, 0.15) is 25.7 Å². The Labute approximate surface area is 180 Å². The lowest BCUT2D eigenvalue weighted by molar-refractivity contribution is 0.375. The maximum Gasteiger partial charge on any atom is 0.246 e. The van der Waals surface area contributed by atoms with Crippen LogP contribution in [-0.2, 0) is 6.54 Å². The van der Waals surface area contributed by atoms with Crippen LogP contribution in [0.5, 0.6) is 0 Å². The fourth-order valence-corrected chi connectivity index (χ4v) is 4.13. The summed E-state index contributed by atoms with van der Waals surface area (Å²) in [7, 11) is 1.75. The van der Waals surface area contributed by atoms with Gasteiger partial charge in [-0.15, -0.1) is 24.0 Å². The highest BCUT2D eigenvalue weighted by molar-refractivity contribution is 14.0. The van der Waals surface area contributed by atoms with E-state index in [1.165, 1.54) is 18.6 Å². The van der Waals surface area contributed by atoms with Crippen molar-refractivity contribution in [3.05, 3.63) is 35.2 Å². The first-order chi connectivity index (χ1) is 12.1. The standard InChI is InChI=1S/C17H22ClN5OS.HI/c1-17(7-4-8-25-17)11-21-16(19-2)20-10-14-22-15(23-24-14)12-5-3-6-13(18)9-12;/h3,5-6,9H,4,7-8,10-11H2,1-2H3,(H2,19,20,21);1H. The van der Waals surface area contributed by atoms with Gasteiger partial charge in [0, 0.05) is 28.9 Å². The monoisotopic (exact) mass is 507 g/mol. The second kappa shape index (κ2) is 9.80. The molecule has 1 aromatic carbocycles. The minimum absolute atomic E-state index is 0. The lowest BCUT2D eigenvalue weighted by atomic mass is 10.1. The number of hydrogen-bond acceptors (Lipinski definition) is 5. The van der Waals surface area contributed by atoms with Crippen LogP contribution in [0.3, 0.4) is 0 Å². The number of guanidine groups is 1. The molecule has 1 aliphatic rings. The largest absolute Gasteiger partial charge is 0.355 e. The Balaban J connectivity index is 0.00000243. The van der Waals surface area contributed by atoms with Crippen LogP contribution in [0, 0.1) is 0 Å². The Morgan fingerprint density at radius 1 is 1.42 bits per heavy atom. The van der Waals surface area contributed by atoms with Gasteiger partial charge in [0.25, 0.3) is 0 Å². The molecule has 2 N–H and O–H groups in total. The average Bonchev–Trinajstić information content (AvgIpc) is 3.25. The molecule has 0 saturated carbocycles. The van der Waals surface area contributed by atoms with E-state index in [1.54, 1.807) is 7.05 Å². The predicted molar refractivity (Wildman–Crippen MR) is 118 cm³/mol. The molecule has 1 atom stereocenters. The van der Waals surface area contributed by atoms with Gasteiger partial charge in [0.05, 0.1) is 6.54 Å². The molecule has 2 aromatic rings. The van der Waals surface area contributed by atoms with Gasteiger partial charge in [0.2, 0.25) is 11.7 Å². The molecule has 26 heavy (non-hydrogen) atoms. The van der Waals surface area contributed by atoms with Crippen LogP contribution in [0.2, 0.25) is 5.02 Å². The zero-order valence-electron chi connectivity index (χ0n) is 14.8.